The van der Waals surface area contributed by atoms with Crippen LogP contribution in [-0.2, 0) is 6.18 Å². The third-order valence-corrected chi connectivity index (χ3v) is 1.90. The molecule has 0 aliphatic heterocycles. The molecular formula is C10H13F3N2O. The van der Waals surface area contributed by atoms with Crippen molar-refractivity contribution in [1.82, 2.24) is 9.97 Å². The fourth-order valence-electron chi connectivity index (χ4n) is 1.08. The van der Waals surface area contributed by atoms with Gasteiger partial charge in [0.1, 0.15) is 0 Å². The zero-order valence-electron chi connectivity index (χ0n) is 8.92. The first-order valence-corrected chi connectivity index (χ1v) is 5.07. The number of hydrogen-bond acceptors (Lipinski definition) is 3. The van der Waals surface area contributed by atoms with Crippen molar-refractivity contribution in [3.63, 3.8) is 0 Å². The summed E-state index contributed by atoms with van der Waals surface area (Å²) in [5, 5.41) is 0. The van der Waals surface area contributed by atoms with Crippen LogP contribution in [0.2, 0.25) is 0 Å². The van der Waals surface area contributed by atoms with Crippen LogP contribution in [-0.4, -0.2) is 16.6 Å². The smallest absolute Gasteiger partial charge is 0.433 e. The fourth-order valence-corrected chi connectivity index (χ4v) is 1.08. The van der Waals surface area contributed by atoms with Crippen LogP contribution in [0.15, 0.2) is 12.3 Å². The molecule has 90 valence electrons. The highest BCUT2D eigenvalue weighted by Crippen LogP contribution is 2.27. The van der Waals surface area contributed by atoms with Crippen LogP contribution in [0.5, 0.6) is 6.01 Å². The van der Waals surface area contributed by atoms with E-state index in [9.17, 15) is 13.2 Å². The molecule has 1 aromatic heterocycles. The molecule has 1 heterocycles. The maximum absolute atomic E-state index is 12.3. The number of halogens is 3. The third-order valence-electron chi connectivity index (χ3n) is 1.90. The number of aromatic nitrogens is 2. The van der Waals surface area contributed by atoms with E-state index in [2.05, 4.69) is 9.97 Å². The van der Waals surface area contributed by atoms with Gasteiger partial charge in [-0.3, -0.25) is 0 Å². The molecule has 0 aliphatic carbocycles. The van der Waals surface area contributed by atoms with Crippen LogP contribution in [0.3, 0.4) is 0 Å². The second-order valence-electron chi connectivity index (χ2n) is 3.28. The summed E-state index contributed by atoms with van der Waals surface area (Å²) in [7, 11) is 0. The Kier molecular flexibility index (Phi) is 4.52. The van der Waals surface area contributed by atoms with Gasteiger partial charge in [-0.05, 0) is 12.5 Å². The Morgan fingerprint density at radius 3 is 2.69 bits per heavy atom. The molecule has 0 bridgehead atoms. The highest BCUT2D eigenvalue weighted by molar-refractivity contribution is 5.08. The van der Waals surface area contributed by atoms with Crippen molar-refractivity contribution >= 4 is 0 Å². The van der Waals surface area contributed by atoms with Crippen molar-refractivity contribution in [2.75, 3.05) is 6.61 Å². The Labute approximate surface area is 91.7 Å². The zero-order valence-corrected chi connectivity index (χ0v) is 8.92. The minimum atomic E-state index is -4.45. The zero-order chi connectivity index (χ0) is 12.0. The van der Waals surface area contributed by atoms with Crippen LogP contribution in [0.1, 0.15) is 31.9 Å². The second kappa shape index (κ2) is 5.67. The van der Waals surface area contributed by atoms with E-state index < -0.39 is 11.9 Å². The van der Waals surface area contributed by atoms with Crippen molar-refractivity contribution in [3.8, 4) is 6.01 Å². The Morgan fingerprint density at radius 2 is 2.06 bits per heavy atom. The molecule has 0 aromatic carbocycles. The van der Waals surface area contributed by atoms with Crippen molar-refractivity contribution in [3.05, 3.63) is 18.0 Å². The fraction of sp³-hybridized carbons (Fsp3) is 0.600. The van der Waals surface area contributed by atoms with Gasteiger partial charge in [0.15, 0.2) is 5.69 Å². The molecule has 16 heavy (non-hydrogen) atoms. The summed E-state index contributed by atoms with van der Waals surface area (Å²) in [5.41, 5.74) is -0.979. The van der Waals surface area contributed by atoms with Crippen LogP contribution in [0, 0.1) is 0 Å². The van der Waals surface area contributed by atoms with Gasteiger partial charge in [-0.15, -0.1) is 0 Å². The molecule has 0 amide bonds. The number of nitrogens with zero attached hydrogens (tertiary/aromatic N) is 2. The van der Waals surface area contributed by atoms with Crippen LogP contribution < -0.4 is 4.74 Å². The topological polar surface area (TPSA) is 35.0 Å². The first-order chi connectivity index (χ1) is 7.54. The molecule has 0 N–H and O–H groups in total. The molecule has 6 heteroatoms. The van der Waals surface area contributed by atoms with E-state index in [0.717, 1.165) is 31.5 Å². The normalized spacial score (nSPS) is 11.5. The first kappa shape index (κ1) is 12.7. The second-order valence-corrected chi connectivity index (χ2v) is 3.28. The molecule has 0 unspecified atom stereocenters. The average Bonchev–Trinajstić information content (AvgIpc) is 2.24. The minimum Gasteiger partial charge on any atom is -0.463 e. The lowest BCUT2D eigenvalue weighted by atomic mass is 10.3. The van der Waals surface area contributed by atoms with Crippen LogP contribution >= 0.6 is 0 Å². The predicted molar refractivity (Wildman–Crippen MR) is 52.1 cm³/mol. The van der Waals surface area contributed by atoms with Gasteiger partial charge >= 0.3 is 12.2 Å². The number of hydrogen-bond donors (Lipinski definition) is 0. The highest BCUT2D eigenvalue weighted by atomic mass is 19.4. The standard InChI is InChI=1S/C10H13F3N2O/c1-2-3-4-7-16-9-14-6-5-8(15-9)10(11,12)13/h5-6H,2-4,7H2,1H3. The van der Waals surface area contributed by atoms with Gasteiger partial charge in [0, 0.05) is 6.20 Å². The lowest BCUT2D eigenvalue weighted by molar-refractivity contribution is -0.141. The molecule has 0 radical (unpaired) electrons. The van der Waals surface area contributed by atoms with Crippen molar-refractivity contribution < 1.29 is 17.9 Å². The van der Waals surface area contributed by atoms with E-state index in [1.807, 2.05) is 6.92 Å². The monoisotopic (exact) mass is 234 g/mol. The summed E-state index contributed by atoms with van der Waals surface area (Å²) in [6, 6.07) is 0.602. The summed E-state index contributed by atoms with van der Waals surface area (Å²) in [6.07, 6.45) is -0.628. The third kappa shape index (κ3) is 4.04. The number of ether oxygens (including phenoxy) is 1. The van der Waals surface area contributed by atoms with Gasteiger partial charge in [-0.2, -0.15) is 18.2 Å². The van der Waals surface area contributed by atoms with Gasteiger partial charge < -0.3 is 4.74 Å². The summed E-state index contributed by atoms with van der Waals surface area (Å²) >= 11 is 0. The molecular weight excluding hydrogens is 221 g/mol. The molecule has 1 aromatic rings. The van der Waals surface area contributed by atoms with Crippen molar-refractivity contribution in [1.29, 1.82) is 0 Å². The van der Waals surface area contributed by atoms with Gasteiger partial charge in [0.2, 0.25) is 0 Å². The molecule has 1 rings (SSSR count). The maximum atomic E-state index is 12.3. The van der Waals surface area contributed by atoms with E-state index in [1.165, 1.54) is 0 Å². The molecule has 0 fully saturated rings. The minimum absolute atomic E-state index is 0.217. The van der Waals surface area contributed by atoms with E-state index >= 15 is 0 Å². The molecule has 0 atom stereocenters. The van der Waals surface area contributed by atoms with E-state index in [-0.39, 0.29) is 6.01 Å². The van der Waals surface area contributed by atoms with E-state index in [1.54, 1.807) is 0 Å². The molecule has 0 aliphatic rings. The predicted octanol–water partition coefficient (Wildman–Crippen LogP) is 3.06. The molecule has 0 spiro atoms. The number of rotatable bonds is 5. The first-order valence-electron chi connectivity index (χ1n) is 5.07. The van der Waals surface area contributed by atoms with Gasteiger partial charge in [0.25, 0.3) is 0 Å². The number of unbranched alkanes of at least 4 members (excludes halogenated alkanes) is 2. The van der Waals surface area contributed by atoms with Crippen LogP contribution in [0.25, 0.3) is 0 Å². The Morgan fingerprint density at radius 1 is 1.31 bits per heavy atom. The van der Waals surface area contributed by atoms with Crippen molar-refractivity contribution in [2.45, 2.75) is 32.4 Å². The van der Waals surface area contributed by atoms with Gasteiger partial charge in [0.05, 0.1) is 6.61 Å². The van der Waals surface area contributed by atoms with E-state index in [0.29, 0.717) is 6.61 Å². The average molecular weight is 234 g/mol. The largest absolute Gasteiger partial charge is 0.463 e. The highest BCUT2D eigenvalue weighted by Gasteiger charge is 2.32. The summed E-state index contributed by atoms with van der Waals surface area (Å²) < 4.78 is 41.8. The summed E-state index contributed by atoms with van der Waals surface area (Å²) in [5.74, 6) is 0. The summed E-state index contributed by atoms with van der Waals surface area (Å²) in [4.78, 5) is 6.90. The van der Waals surface area contributed by atoms with E-state index in [4.69, 9.17) is 4.74 Å². The molecule has 0 saturated heterocycles. The Hall–Kier alpha value is -1.33. The van der Waals surface area contributed by atoms with Gasteiger partial charge in [-0.25, -0.2) is 4.98 Å². The van der Waals surface area contributed by atoms with Crippen molar-refractivity contribution in [2.24, 2.45) is 0 Å². The molecule has 3 nitrogen and oxygen atoms in total. The summed E-state index contributed by atoms with van der Waals surface area (Å²) in [6.45, 7) is 2.37. The molecule has 0 saturated carbocycles. The lowest BCUT2D eigenvalue weighted by Crippen LogP contribution is -2.10. The maximum Gasteiger partial charge on any atom is 0.433 e. The van der Waals surface area contributed by atoms with Crippen LogP contribution in [0.4, 0.5) is 13.2 Å². The van der Waals surface area contributed by atoms with Gasteiger partial charge in [-0.1, -0.05) is 19.8 Å². The SMILES string of the molecule is CCCCCOc1nccc(C(F)(F)F)n1. The Balaban J connectivity index is 2.54. The quantitative estimate of drug-likeness (QED) is 0.734. The Bertz CT molecular complexity index is 328. The number of alkyl halides is 3. The lowest BCUT2D eigenvalue weighted by Gasteiger charge is -2.07.